The van der Waals surface area contributed by atoms with Crippen LogP contribution < -0.4 is 11.1 Å². The molecule has 0 radical (unpaired) electrons. The van der Waals surface area contributed by atoms with E-state index in [-0.39, 0.29) is 0 Å². The summed E-state index contributed by atoms with van der Waals surface area (Å²) in [4.78, 5) is 11.5. The topological polar surface area (TPSA) is 55.1 Å². The number of primary amides is 1. The first-order valence-corrected chi connectivity index (χ1v) is 6.68. The molecule has 1 unspecified atom stereocenters. The van der Waals surface area contributed by atoms with Crippen molar-refractivity contribution in [3.63, 3.8) is 0 Å². The van der Waals surface area contributed by atoms with Crippen molar-refractivity contribution in [2.75, 3.05) is 5.75 Å². The van der Waals surface area contributed by atoms with Gasteiger partial charge < -0.3 is 11.1 Å². The Morgan fingerprint density at radius 1 is 1.50 bits per heavy atom. The van der Waals surface area contributed by atoms with E-state index < -0.39 is 23.6 Å². The molecule has 0 aliphatic heterocycles. The van der Waals surface area contributed by atoms with Crippen LogP contribution in [0.15, 0.2) is 23.1 Å². The predicted octanol–water partition coefficient (Wildman–Crippen LogP) is 1.66. The molecule has 3 N–H and O–H groups in total. The molecule has 0 spiro atoms. The Hall–Kier alpha value is -1.14. The largest absolute Gasteiger partial charge is 0.368 e. The van der Waals surface area contributed by atoms with Crippen molar-refractivity contribution in [3.8, 4) is 0 Å². The van der Waals surface area contributed by atoms with Gasteiger partial charge in [0.2, 0.25) is 5.91 Å². The molecule has 0 bridgehead atoms. The molecule has 6 heteroatoms. The van der Waals surface area contributed by atoms with E-state index in [1.807, 2.05) is 0 Å². The highest BCUT2D eigenvalue weighted by Gasteiger charge is 2.27. The minimum Gasteiger partial charge on any atom is -0.368 e. The van der Waals surface area contributed by atoms with Gasteiger partial charge in [-0.05, 0) is 25.0 Å². The molecular formula is C12H14F2N2OS. The number of hydrogen-bond acceptors (Lipinski definition) is 3. The Balaban J connectivity index is 1.93. The van der Waals surface area contributed by atoms with Crippen molar-refractivity contribution >= 4 is 17.7 Å². The third kappa shape index (κ3) is 3.68. The molecule has 1 aromatic rings. The number of amides is 1. The van der Waals surface area contributed by atoms with Gasteiger partial charge in [0.15, 0.2) is 0 Å². The lowest BCUT2D eigenvalue weighted by Crippen LogP contribution is -2.44. The number of halogens is 2. The zero-order valence-corrected chi connectivity index (χ0v) is 10.5. The van der Waals surface area contributed by atoms with E-state index in [0.717, 1.165) is 30.7 Å². The number of rotatable bonds is 6. The fraction of sp³-hybridized carbons (Fsp3) is 0.417. The van der Waals surface area contributed by atoms with Gasteiger partial charge >= 0.3 is 0 Å². The van der Waals surface area contributed by atoms with Crippen LogP contribution in [0, 0.1) is 11.6 Å². The first-order valence-electron chi connectivity index (χ1n) is 5.69. The molecule has 98 valence electrons. The highest BCUT2D eigenvalue weighted by molar-refractivity contribution is 7.99. The fourth-order valence-corrected chi connectivity index (χ4v) is 2.48. The van der Waals surface area contributed by atoms with Crippen LogP contribution in [0.3, 0.4) is 0 Å². The fourth-order valence-electron chi connectivity index (χ4n) is 1.51. The summed E-state index contributed by atoms with van der Waals surface area (Å²) in [5.41, 5.74) is 5.27. The monoisotopic (exact) mass is 272 g/mol. The number of nitrogens with one attached hydrogen (secondary N) is 1. The van der Waals surface area contributed by atoms with Crippen LogP contribution in [-0.2, 0) is 4.79 Å². The second-order valence-corrected chi connectivity index (χ2v) is 5.34. The Morgan fingerprint density at radius 2 is 2.22 bits per heavy atom. The molecule has 1 aromatic carbocycles. The number of nitrogens with two attached hydrogens (primary N) is 1. The third-order valence-corrected chi connectivity index (χ3v) is 3.80. The zero-order chi connectivity index (χ0) is 13.1. The number of carbonyl (C=O) groups excluding carboxylic acids is 1. The van der Waals surface area contributed by atoms with Gasteiger partial charge in [-0.25, -0.2) is 8.78 Å². The smallest absolute Gasteiger partial charge is 0.235 e. The van der Waals surface area contributed by atoms with E-state index in [1.54, 1.807) is 0 Å². The van der Waals surface area contributed by atoms with E-state index in [0.29, 0.717) is 16.7 Å². The minimum atomic E-state index is -0.616. The van der Waals surface area contributed by atoms with Gasteiger partial charge in [0.1, 0.15) is 11.6 Å². The second-order valence-electron chi connectivity index (χ2n) is 4.28. The summed E-state index contributed by atoms with van der Waals surface area (Å²) >= 11 is 1.16. The molecule has 1 amide bonds. The van der Waals surface area contributed by atoms with Gasteiger partial charge in [-0.15, -0.1) is 11.8 Å². The SMILES string of the molecule is NC(=O)C(CSc1ccc(F)cc1F)NC1CC1. The van der Waals surface area contributed by atoms with Gasteiger partial charge in [-0.2, -0.15) is 0 Å². The molecule has 1 saturated carbocycles. The molecule has 1 aliphatic carbocycles. The van der Waals surface area contributed by atoms with Crippen molar-refractivity contribution < 1.29 is 13.6 Å². The summed E-state index contributed by atoms with van der Waals surface area (Å²) in [5.74, 6) is -1.33. The number of thioether (sulfide) groups is 1. The van der Waals surface area contributed by atoms with E-state index in [2.05, 4.69) is 5.32 Å². The number of carbonyl (C=O) groups is 1. The van der Waals surface area contributed by atoms with Gasteiger partial charge in [0.05, 0.1) is 6.04 Å². The average Bonchev–Trinajstić information content (AvgIpc) is 3.09. The molecule has 0 aromatic heterocycles. The molecule has 3 nitrogen and oxygen atoms in total. The molecule has 0 heterocycles. The van der Waals surface area contributed by atoms with Crippen LogP contribution in [0.2, 0.25) is 0 Å². The second kappa shape index (κ2) is 5.67. The highest BCUT2D eigenvalue weighted by Crippen LogP contribution is 2.25. The van der Waals surface area contributed by atoms with Crippen LogP contribution >= 0.6 is 11.8 Å². The molecule has 0 saturated heterocycles. The summed E-state index contributed by atoms with van der Waals surface area (Å²) in [5, 5.41) is 3.10. The first kappa shape index (κ1) is 13.3. The number of benzene rings is 1. The zero-order valence-electron chi connectivity index (χ0n) is 9.66. The normalized spacial score (nSPS) is 16.6. The van der Waals surface area contributed by atoms with Crippen LogP contribution in [0.4, 0.5) is 8.78 Å². The molecule has 2 rings (SSSR count). The van der Waals surface area contributed by atoms with Crippen LogP contribution in [0.5, 0.6) is 0 Å². The van der Waals surface area contributed by atoms with Crippen molar-refractivity contribution in [2.45, 2.75) is 29.8 Å². The van der Waals surface area contributed by atoms with E-state index in [4.69, 9.17) is 5.73 Å². The maximum atomic E-state index is 13.4. The molecule has 1 fully saturated rings. The predicted molar refractivity (Wildman–Crippen MR) is 66.2 cm³/mol. The lowest BCUT2D eigenvalue weighted by atomic mass is 10.3. The molecule has 1 atom stereocenters. The Kier molecular flexibility index (Phi) is 4.19. The molecular weight excluding hydrogens is 258 g/mol. The average molecular weight is 272 g/mol. The Bertz CT molecular complexity index is 452. The third-order valence-electron chi connectivity index (χ3n) is 2.66. The maximum Gasteiger partial charge on any atom is 0.235 e. The minimum absolute atomic E-state index is 0.320. The van der Waals surface area contributed by atoms with Gasteiger partial charge in [-0.3, -0.25) is 4.79 Å². The quantitative estimate of drug-likeness (QED) is 0.774. The van der Waals surface area contributed by atoms with Crippen molar-refractivity contribution in [1.29, 1.82) is 0 Å². The van der Waals surface area contributed by atoms with Crippen LogP contribution in [0.25, 0.3) is 0 Å². The summed E-state index contributed by atoms with van der Waals surface area (Å²) in [6.07, 6.45) is 2.08. The first-order chi connectivity index (χ1) is 8.56. The van der Waals surface area contributed by atoms with Crippen LogP contribution in [-0.4, -0.2) is 23.7 Å². The van der Waals surface area contributed by atoms with Crippen molar-refractivity contribution in [3.05, 3.63) is 29.8 Å². The summed E-state index contributed by atoms with van der Waals surface area (Å²) in [6, 6.07) is 3.26. The van der Waals surface area contributed by atoms with Crippen LogP contribution in [0.1, 0.15) is 12.8 Å². The summed E-state index contributed by atoms with van der Waals surface area (Å²) < 4.78 is 26.1. The van der Waals surface area contributed by atoms with Crippen molar-refractivity contribution in [1.82, 2.24) is 5.32 Å². The Morgan fingerprint density at radius 3 is 2.78 bits per heavy atom. The van der Waals surface area contributed by atoms with Crippen molar-refractivity contribution in [2.24, 2.45) is 5.73 Å². The van der Waals surface area contributed by atoms with Gasteiger partial charge in [0.25, 0.3) is 0 Å². The van der Waals surface area contributed by atoms with Gasteiger partial charge in [0, 0.05) is 22.8 Å². The molecule has 1 aliphatic rings. The lowest BCUT2D eigenvalue weighted by Gasteiger charge is -2.14. The standard InChI is InChI=1S/C12H14F2N2OS/c13-7-1-4-11(9(14)5-7)18-6-10(12(15)17)16-8-2-3-8/h1,4-5,8,10,16H,2-3,6H2,(H2,15,17). The van der Waals surface area contributed by atoms with E-state index >= 15 is 0 Å². The van der Waals surface area contributed by atoms with E-state index in [1.165, 1.54) is 12.1 Å². The lowest BCUT2D eigenvalue weighted by molar-refractivity contribution is -0.119. The molecule has 18 heavy (non-hydrogen) atoms. The number of hydrogen-bond donors (Lipinski definition) is 2. The maximum absolute atomic E-state index is 13.4. The van der Waals surface area contributed by atoms with E-state index in [9.17, 15) is 13.6 Å². The Labute approximate surface area is 108 Å². The summed E-state index contributed by atoms with van der Waals surface area (Å²) in [6.45, 7) is 0. The summed E-state index contributed by atoms with van der Waals surface area (Å²) in [7, 11) is 0. The van der Waals surface area contributed by atoms with Gasteiger partial charge in [-0.1, -0.05) is 0 Å². The highest BCUT2D eigenvalue weighted by atomic mass is 32.2.